The molecule has 0 N–H and O–H groups in total. The van der Waals surface area contributed by atoms with Gasteiger partial charge in [-0.25, -0.2) is 0 Å². The minimum atomic E-state index is 1.07. The number of rotatable bonds is 0. The van der Waals surface area contributed by atoms with E-state index >= 15 is 0 Å². The number of nitrogens with zero attached hydrogens (tertiary/aromatic N) is 2. The third kappa shape index (κ3) is 14.0. The third-order valence-corrected chi connectivity index (χ3v) is 26.0. The monoisotopic (exact) mass is 702 g/mol. The fraction of sp³-hybridized carbons (Fsp3) is 0.100. The molecule has 2 aromatic carbocycles. The van der Waals surface area contributed by atoms with E-state index in [0.29, 0.717) is 0 Å². The predicted molar refractivity (Wildman–Crippen MR) is 189 cm³/mol. The molecule has 0 saturated heterocycles. The maximum Gasteiger partial charge on any atom is 0.0702 e. The molecule has 0 bridgehead atoms. The molecule has 2 heterocycles. The van der Waals surface area contributed by atoms with Crippen molar-refractivity contribution in [2.45, 2.75) is 13.8 Å². The van der Waals surface area contributed by atoms with Crippen LogP contribution < -0.4 is 0 Å². The van der Waals surface area contributed by atoms with Gasteiger partial charge in [-0.3, -0.25) is 9.97 Å². The van der Waals surface area contributed by atoms with Crippen LogP contribution in [-0.4, -0.2) is 9.97 Å². The summed E-state index contributed by atoms with van der Waals surface area (Å²) in [4.78, 5) is 8.44. The summed E-state index contributed by atoms with van der Waals surface area (Å²) in [7, 11) is 18.1. The van der Waals surface area contributed by atoms with Crippen molar-refractivity contribution in [3.63, 3.8) is 0 Å². The van der Waals surface area contributed by atoms with E-state index in [1.54, 1.807) is 79.9 Å². The predicted octanol–water partition coefficient (Wildman–Crippen LogP) is 5.06. The number of aryl methyl sites for hydroxylation is 2. The average molecular weight is 703 g/mol. The number of hydrogen-bond donors (Lipinski definition) is 0. The Labute approximate surface area is 246 Å². The largest absolute Gasteiger partial charge is 0.256 e. The zero-order valence-electron chi connectivity index (χ0n) is 18.1. The first-order chi connectivity index (χ1) is 17.1. The number of pyridine rings is 2. The summed E-state index contributed by atoms with van der Waals surface area (Å²) < 4.78 is 0. The van der Waals surface area contributed by atoms with Gasteiger partial charge in [-0.15, -0.1) is 0 Å². The molecule has 0 aliphatic carbocycles. The van der Waals surface area contributed by atoms with Crippen LogP contribution >= 0.6 is 0 Å². The van der Waals surface area contributed by atoms with Gasteiger partial charge in [-0.2, -0.15) is 0 Å². The second kappa shape index (κ2) is 20.1. The molecule has 0 atom stereocenters. The molecule has 0 spiro atoms. The molecule has 186 valence electrons. The average Bonchev–Trinajstić information content (AvgIpc) is 2.88. The Hall–Kier alpha value is 0.120. The molecule has 2 nitrogen and oxygen atoms in total. The van der Waals surface area contributed by atoms with Crippen LogP contribution in [0.3, 0.4) is 0 Å². The van der Waals surface area contributed by atoms with E-state index in [1.165, 1.54) is 39.7 Å². The molecule has 2 aromatic heterocycles. The van der Waals surface area contributed by atoms with Crippen molar-refractivity contribution in [1.29, 1.82) is 0 Å². The highest BCUT2D eigenvalue weighted by Gasteiger charge is 1.91. The molecule has 35 heavy (non-hydrogen) atoms. The Kier molecular flexibility index (Phi) is 18.0. The van der Waals surface area contributed by atoms with E-state index in [9.17, 15) is 0 Å². The van der Waals surface area contributed by atoms with Crippen LogP contribution in [0.4, 0.5) is 0 Å². The molecule has 0 amide bonds. The van der Waals surface area contributed by atoms with Crippen LogP contribution in [0.2, 0.25) is 0 Å². The van der Waals surface area contributed by atoms with Gasteiger partial charge in [0, 0.05) is 143 Å². The van der Waals surface area contributed by atoms with Crippen LogP contribution in [0.5, 0.6) is 0 Å². The second-order valence-corrected chi connectivity index (χ2v) is 25.6. The van der Waals surface area contributed by atoms with Gasteiger partial charge in [0.1, 0.15) is 0 Å². The highest BCUT2D eigenvalue weighted by molar-refractivity contribution is 8.75. The molecule has 4 rings (SSSR count). The van der Waals surface area contributed by atoms with Crippen molar-refractivity contribution in [2.75, 3.05) is 0 Å². The highest BCUT2D eigenvalue weighted by Crippen LogP contribution is 2.12. The Morgan fingerprint density at radius 2 is 0.886 bits per heavy atom. The van der Waals surface area contributed by atoms with E-state index in [4.69, 9.17) is 22.4 Å². The van der Waals surface area contributed by atoms with Crippen LogP contribution in [0, 0.1) is 13.8 Å². The standard InChI is InChI=1S/2C10H9N.S13/c2*1-8-4-5-10-9(7-8)3-2-6-11-10;1-3-5-7-9-11-13-12-10-8-6-4-2/h2*2-7H,1H3;. The minimum Gasteiger partial charge on any atom is -0.256 e. The number of hydrogen-bond acceptors (Lipinski definition) is 4. The van der Waals surface area contributed by atoms with Crippen LogP contribution in [0.1, 0.15) is 11.1 Å². The van der Waals surface area contributed by atoms with Crippen molar-refractivity contribution in [1.82, 2.24) is 9.97 Å². The zero-order valence-corrected chi connectivity index (χ0v) is 28.7. The van der Waals surface area contributed by atoms with Gasteiger partial charge in [0.2, 0.25) is 0 Å². The highest BCUT2D eigenvalue weighted by atomic mass is 33.5. The zero-order chi connectivity index (χ0) is 25.1. The van der Waals surface area contributed by atoms with Gasteiger partial charge in [0.25, 0.3) is 0 Å². The summed E-state index contributed by atoms with van der Waals surface area (Å²) in [5.41, 5.74) is 4.70. The van der Waals surface area contributed by atoms with E-state index in [-0.39, 0.29) is 0 Å². The fourth-order valence-electron chi connectivity index (χ4n) is 2.49. The summed E-state index contributed by atoms with van der Waals surface area (Å²) in [6.45, 7) is 4.18. The minimum absolute atomic E-state index is 1.07. The molecule has 15 heteroatoms. The van der Waals surface area contributed by atoms with Crippen molar-refractivity contribution >= 4 is 142 Å². The first-order valence-electron chi connectivity index (χ1n) is 9.35. The van der Waals surface area contributed by atoms with Crippen molar-refractivity contribution in [2.24, 2.45) is 0 Å². The van der Waals surface area contributed by atoms with Gasteiger partial charge in [0.15, 0.2) is 0 Å². The van der Waals surface area contributed by atoms with Gasteiger partial charge >= 0.3 is 0 Å². The number of fused-ring (bicyclic) bond motifs is 2. The summed E-state index contributed by atoms with van der Waals surface area (Å²) in [5.74, 6) is 0. The lowest BCUT2D eigenvalue weighted by molar-refractivity contribution is 1.39. The quantitative estimate of drug-likeness (QED) is 0.256. The smallest absolute Gasteiger partial charge is 0.0702 e. The van der Waals surface area contributed by atoms with E-state index in [2.05, 4.69) is 60.2 Å². The van der Waals surface area contributed by atoms with Crippen molar-refractivity contribution in [3.05, 3.63) is 84.2 Å². The lowest BCUT2D eigenvalue weighted by Gasteiger charge is -1.95. The fourth-order valence-corrected chi connectivity index (χ4v) is 27.2. The Morgan fingerprint density at radius 1 is 0.514 bits per heavy atom. The topological polar surface area (TPSA) is 25.8 Å². The van der Waals surface area contributed by atoms with Crippen molar-refractivity contribution in [3.8, 4) is 0 Å². The molecular weight excluding hydrogens is 685 g/mol. The maximum atomic E-state index is 4.70. The molecule has 0 fully saturated rings. The SMILES string of the molecule is Cc1ccc2ncccc2c1.Cc1ccc2ncccc2c1.S=S=S=S=S=S=S=S=S=S=S=S=S. The summed E-state index contributed by atoms with van der Waals surface area (Å²) in [6.07, 6.45) is 3.63. The molecule has 0 unspecified atom stereocenters. The van der Waals surface area contributed by atoms with Crippen LogP contribution in [0.25, 0.3) is 21.8 Å². The molecule has 0 radical (unpaired) electrons. The number of aromatic nitrogens is 2. The van der Waals surface area contributed by atoms with Crippen LogP contribution in [-0.2, 0) is 120 Å². The molecule has 4 aromatic rings. The Morgan fingerprint density at radius 3 is 1.26 bits per heavy atom. The van der Waals surface area contributed by atoms with Gasteiger partial charge < -0.3 is 0 Å². The van der Waals surface area contributed by atoms with Crippen LogP contribution in [0.15, 0.2) is 73.1 Å². The Bertz CT molecular complexity index is 1640. The summed E-state index contributed by atoms with van der Waals surface area (Å²) in [6, 6.07) is 20.6. The first kappa shape index (κ1) is 31.3. The third-order valence-electron chi connectivity index (χ3n) is 3.79. The molecule has 0 aliphatic heterocycles. The first-order valence-corrected chi connectivity index (χ1v) is 25.4. The normalized spacial score (nSPS) is 9.09. The lowest BCUT2D eigenvalue weighted by Crippen LogP contribution is -1.77. The van der Waals surface area contributed by atoms with Gasteiger partial charge in [-0.1, -0.05) is 35.4 Å². The summed E-state index contributed by atoms with van der Waals surface area (Å²) in [5, 5.41) is 2.43. The number of benzene rings is 2. The maximum absolute atomic E-state index is 4.70. The lowest BCUT2D eigenvalue weighted by atomic mass is 10.1. The van der Waals surface area contributed by atoms with E-state index < -0.39 is 0 Å². The van der Waals surface area contributed by atoms with Gasteiger partial charge in [0.05, 0.1) is 11.0 Å². The van der Waals surface area contributed by atoms with Gasteiger partial charge in [-0.05, 0) is 50.2 Å². The van der Waals surface area contributed by atoms with Crippen molar-refractivity contribution < 1.29 is 0 Å². The van der Waals surface area contributed by atoms with E-state index in [1.807, 2.05) is 36.7 Å². The Balaban J connectivity index is 0.000000185. The molecular formula is C20H18N2S13. The second-order valence-electron chi connectivity index (χ2n) is 6.15. The molecule has 0 aliphatic rings. The molecule has 0 saturated carbocycles. The summed E-state index contributed by atoms with van der Waals surface area (Å²) >= 11 is 9.40. The van der Waals surface area contributed by atoms with E-state index in [0.717, 1.165) is 11.0 Å².